The van der Waals surface area contributed by atoms with Crippen LogP contribution in [0, 0.1) is 10.1 Å². The minimum absolute atomic E-state index is 0.120. The quantitative estimate of drug-likeness (QED) is 0.656. The molecule has 1 aliphatic rings. The third-order valence-corrected chi connectivity index (χ3v) is 4.13. The highest BCUT2D eigenvalue weighted by Crippen LogP contribution is 2.34. The standard InChI is InChI=1S/C14H19N7O3/c1-8(2)12-18-14(24-19-12)9-3-5-20(6-4-9)13-10(21(22)23)11(15)16-7-17-13/h7-9H,3-6H2,1-2H3,(H2,15,16,17). The predicted octanol–water partition coefficient (Wildman–Crippen LogP) is 1.86. The number of piperidine rings is 1. The SMILES string of the molecule is CC(C)c1noc(C2CCN(c3ncnc(N)c3[N+](=O)[O-])CC2)n1. The Labute approximate surface area is 138 Å². The van der Waals surface area contributed by atoms with E-state index >= 15 is 0 Å². The van der Waals surface area contributed by atoms with Crippen LogP contribution in [0.2, 0.25) is 0 Å². The predicted molar refractivity (Wildman–Crippen MR) is 85.7 cm³/mol. The molecule has 0 atom stereocenters. The number of nitrogens with two attached hydrogens (primary N) is 1. The maximum atomic E-state index is 11.2. The van der Waals surface area contributed by atoms with Gasteiger partial charge in [0.1, 0.15) is 6.33 Å². The van der Waals surface area contributed by atoms with Crippen LogP contribution < -0.4 is 10.6 Å². The summed E-state index contributed by atoms with van der Waals surface area (Å²) in [6.45, 7) is 5.22. The summed E-state index contributed by atoms with van der Waals surface area (Å²) in [5.74, 6) is 1.85. The zero-order valence-electron chi connectivity index (χ0n) is 13.5. The summed E-state index contributed by atoms with van der Waals surface area (Å²) in [5.41, 5.74) is 5.39. The van der Waals surface area contributed by atoms with Crippen LogP contribution in [-0.4, -0.2) is 38.1 Å². The molecule has 2 aromatic rings. The summed E-state index contributed by atoms with van der Waals surface area (Å²) in [4.78, 5) is 24.7. The van der Waals surface area contributed by atoms with Crippen molar-refractivity contribution in [2.75, 3.05) is 23.7 Å². The van der Waals surface area contributed by atoms with Gasteiger partial charge in [0.05, 0.1) is 4.92 Å². The van der Waals surface area contributed by atoms with E-state index in [1.54, 1.807) is 0 Å². The van der Waals surface area contributed by atoms with Crippen molar-refractivity contribution in [1.29, 1.82) is 0 Å². The Morgan fingerprint density at radius 2 is 2.08 bits per heavy atom. The van der Waals surface area contributed by atoms with Gasteiger partial charge in [0, 0.05) is 24.9 Å². The molecule has 1 fully saturated rings. The van der Waals surface area contributed by atoms with Crippen LogP contribution >= 0.6 is 0 Å². The Morgan fingerprint density at radius 1 is 1.38 bits per heavy atom. The summed E-state index contributed by atoms with van der Waals surface area (Å²) in [6.07, 6.45) is 2.75. The third kappa shape index (κ3) is 2.99. The van der Waals surface area contributed by atoms with Crippen molar-refractivity contribution in [3.63, 3.8) is 0 Å². The number of nitrogens with zero attached hydrogens (tertiary/aromatic N) is 6. The Kier molecular flexibility index (Phi) is 4.28. The summed E-state index contributed by atoms with van der Waals surface area (Å²) in [7, 11) is 0. The maximum Gasteiger partial charge on any atom is 0.353 e. The van der Waals surface area contributed by atoms with Gasteiger partial charge >= 0.3 is 5.69 Å². The van der Waals surface area contributed by atoms with E-state index in [0.717, 1.165) is 12.8 Å². The first-order valence-corrected chi connectivity index (χ1v) is 7.80. The van der Waals surface area contributed by atoms with Gasteiger partial charge in [0.25, 0.3) is 0 Å². The van der Waals surface area contributed by atoms with Gasteiger partial charge in [-0.05, 0) is 12.8 Å². The highest BCUT2D eigenvalue weighted by Gasteiger charge is 2.31. The van der Waals surface area contributed by atoms with Gasteiger partial charge in [-0.1, -0.05) is 19.0 Å². The third-order valence-electron chi connectivity index (χ3n) is 4.13. The lowest BCUT2D eigenvalue weighted by atomic mass is 9.96. The van der Waals surface area contributed by atoms with Crippen molar-refractivity contribution in [3.05, 3.63) is 28.2 Å². The number of nitro groups is 1. The minimum Gasteiger partial charge on any atom is -0.378 e. The normalized spacial score (nSPS) is 15.9. The van der Waals surface area contributed by atoms with Crippen molar-refractivity contribution in [1.82, 2.24) is 20.1 Å². The van der Waals surface area contributed by atoms with E-state index in [1.807, 2.05) is 18.7 Å². The first-order chi connectivity index (χ1) is 11.5. The average Bonchev–Trinajstić information content (AvgIpc) is 3.04. The Bertz CT molecular complexity index is 738. The second-order valence-electron chi connectivity index (χ2n) is 6.10. The number of rotatable bonds is 4. The second kappa shape index (κ2) is 6.38. The molecular weight excluding hydrogens is 314 g/mol. The molecule has 24 heavy (non-hydrogen) atoms. The van der Waals surface area contributed by atoms with Crippen molar-refractivity contribution >= 4 is 17.3 Å². The van der Waals surface area contributed by atoms with Crippen LogP contribution in [0.15, 0.2) is 10.9 Å². The lowest BCUT2D eigenvalue weighted by Crippen LogP contribution is -2.34. The average molecular weight is 333 g/mol. The number of hydrogen-bond acceptors (Lipinski definition) is 9. The number of aromatic nitrogens is 4. The molecule has 10 nitrogen and oxygen atoms in total. The highest BCUT2D eigenvalue weighted by atomic mass is 16.6. The molecule has 0 unspecified atom stereocenters. The molecular formula is C14H19N7O3. The number of nitrogen functional groups attached to an aromatic ring is 1. The smallest absolute Gasteiger partial charge is 0.353 e. The molecule has 2 aromatic heterocycles. The lowest BCUT2D eigenvalue weighted by molar-refractivity contribution is -0.383. The zero-order valence-corrected chi connectivity index (χ0v) is 13.5. The van der Waals surface area contributed by atoms with Gasteiger partial charge in [0.15, 0.2) is 5.82 Å². The molecule has 0 aliphatic carbocycles. The van der Waals surface area contributed by atoms with Gasteiger partial charge in [-0.2, -0.15) is 4.98 Å². The fourth-order valence-electron chi connectivity index (χ4n) is 2.78. The molecule has 0 saturated carbocycles. The minimum atomic E-state index is -0.538. The highest BCUT2D eigenvalue weighted by molar-refractivity contribution is 5.68. The van der Waals surface area contributed by atoms with E-state index in [4.69, 9.17) is 10.3 Å². The van der Waals surface area contributed by atoms with Crippen molar-refractivity contribution in [3.8, 4) is 0 Å². The molecule has 1 aliphatic heterocycles. The van der Waals surface area contributed by atoms with E-state index in [0.29, 0.717) is 24.8 Å². The molecule has 0 radical (unpaired) electrons. The van der Waals surface area contributed by atoms with Gasteiger partial charge in [-0.15, -0.1) is 0 Å². The van der Waals surface area contributed by atoms with Gasteiger partial charge < -0.3 is 15.2 Å². The van der Waals surface area contributed by atoms with E-state index in [2.05, 4.69) is 20.1 Å². The summed E-state index contributed by atoms with van der Waals surface area (Å²) in [6, 6.07) is 0. The molecule has 0 bridgehead atoms. The molecule has 128 valence electrons. The Balaban J connectivity index is 1.73. The van der Waals surface area contributed by atoms with Crippen molar-refractivity contribution in [2.45, 2.75) is 38.5 Å². The van der Waals surface area contributed by atoms with Crippen LogP contribution in [0.25, 0.3) is 0 Å². The largest absolute Gasteiger partial charge is 0.378 e. The van der Waals surface area contributed by atoms with E-state index in [-0.39, 0.29) is 29.2 Å². The number of hydrogen-bond donors (Lipinski definition) is 1. The number of anilines is 2. The monoisotopic (exact) mass is 333 g/mol. The van der Waals surface area contributed by atoms with Crippen LogP contribution in [0.3, 0.4) is 0 Å². The second-order valence-corrected chi connectivity index (χ2v) is 6.10. The van der Waals surface area contributed by atoms with Gasteiger partial charge in [-0.25, -0.2) is 9.97 Å². The molecule has 1 saturated heterocycles. The molecule has 0 amide bonds. The summed E-state index contributed by atoms with van der Waals surface area (Å²) in [5, 5.41) is 15.2. The molecule has 3 rings (SSSR count). The molecule has 10 heteroatoms. The van der Waals surface area contributed by atoms with Gasteiger partial charge in [0.2, 0.25) is 17.5 Å². The fourth-order valence-corrected chi connectivity index (χ4v) is 2.78. The van der Waals surface area contributed by atoms with Crippen LogP contribution in [0.1, 0.15) is 50.2 Å². The maximum absolute atomic E-state index is 11.2. The van der Waals surface area contributed by atoms with E-state index in [9.17, 15) is 10.1 Å². The van der Waals surface area contributed by atoms with Crippen molar-refractivity contribution < 1.29 is 9.45 Å². The molecule has 0 aromatic carbocycles. The van der Waals surface area contributed by atoms with Gasteiger partial charge in [-0.3, -0.25) is 10.1 Å². The molecule has 0 spiro atoms. The topological polar surface area (TPSA) is 137 Å². The zero-order chi connectivity index (χ0) is 17.3. The fraction of sp³-hybridized carbons (Fsp3) is 0.571. The lowest BCUT2D eigenvalue weighted by Gasteiger charge is -2.30. The van der Waals surface area contributed by atoms with Crippen LogP contribution in [-0.2, 0) is 0 Å². The summed E-state index contributed by atoms with van der Waals surface area (Å²) >= 11 is 0. The summed E-state index contributed by atoms with van der Waals surface area (Å²) < 4.78 is 5.35. The van der Waals surface area contributed by atoms with E-state index in [1.165, 1.54) is 6.33 Å². The first kappa shape index (κ1) is 16.1. The van der Waals surface area contributed by atoms with Crippen molar-refractivity contribution in [2.24, 2.45) is 0 Å². The van der Waals surface area contributed by atoms with Crippen LogP contribution in [0.4, 0.5) is 17.3 Å². The molecule has 3 heterocycles. The Morgan fingerprint density at radius 3 is 2.67 bits per heavy atom. The van der Waals surface area contributed by atoms with Crippen LogP contribution in [0.5, 0.6) is 0 Å². The van der Waals surface area contributed by atoms with E-state index < -0.39 is 4.92 Å². The first-order valence-electron chi connectivity index (χ1n) is 7.80. The molecule has 2 N–H and O–H groups in total. The Hall–Kier alpha value is -2.78.